The molecule has 3 N–H and O–H groups in total. The predicted octanol–water partition coefficient (Wildman–Crippen LogP) is 4.66. The standard InChI is InChI=1S/C30H34N2O6/c1-32(18-21-6-3-2-4-7-21)19-26-17-27(23-12-10-22(20-33)11-13-23)38-30(37-26)24-8-5-9-25(16-24)31-28(34)14-15-29(35)36/h2-13,16,26-27,30,33H,14-15,17-20H2,1H3,(H,31,34)(H,35,36)/t26-,27+,30+/m0/s1. The lowest BCUT2D eigenvalue weighted by atomic mass is 9.99. The van der Waals surface area contributed by atoms with Crippen molar-refractivity contribution in [1.82, 2.24) is 4.90 Å². The number of carboxylic acids is 1. The summed E-state index contributed by atoms with van der Waals surface area (Å²) >= 11 is 0. The van der Waals surface area contributed by atoms with E-state index in [2.05, 4.69) is 29.4 Å². The van der Waals surface area contributed by atoms with Gasteiger partial charge in [-0.3, -0.25) is 14.5 Å². The molecule has 0 spiro atoms. The smallest absolute Gasteiger partial charge is 0.303 e. The van der Waals surface area contributed by atoms with Crippen LogP contribution < -0.4 is 5.32 Å². The third kappa shape index (κ3) is 7.97. The quantitative estimate of drug-likeness (QED) is 0.339. The first-order valence-corrected chi connectivity index (χ1v) is 12.7. The van der Waals surface area contributed by atoms with E-state index >= 15 is 0 Å². The summed E-state index contributed by atoms with van der Waals surface area (Å²) in [7, 11) is 2.07. The number of carboxylic acid groups (broad SMARTS) is 1. The molecule has 1 amide bonds. The molecular weight excluding hydrogens is 484 g/mol. The van der Waals surface area contributed by atoms with Crippen molar-refractivity contribution in [2.24, 2.45) is 0 Å². The summed E-state index contributed by atoms with van der Waals surface area (Å²) < 4.78 is 12.8. The van der Waals surface area contributed by atoms with Crippen LogP contribution in [0.1, 0.15) is 53.9 Å². The average Bonchev–Trinajstić information content (AvgIpc) is 2.92. The Labute approximate surface area is 222 Å². The Balaban J connectivity index is 1.50. The molecule has 8 heteroatoms. The van der Waals surface area contributed by atoms with Crippen LogP contribution in [0.4, 0.5) is 5.69 Å². The highest BCUT2D eigenvalue weighted by Gasteiger charge is 2.33. The maximum atomic E-state index is 12.2. The average molecular weight is 519 g/mol. The summed E-state index contributed by atoms with van der Waals surface area (Å²) in [6.45, 7) is 1.47. The first-order valence-electron chi connectivity index (χ1n) is 12.7. The molecule has 38 heavy (non-hydrogen) atoms. The van der Waals surface area contributed by atoms with Crippen molar-refractivity contribution in [3.8, 4) is 0 Å². The predicted molar refractivity (Wildman–Crippen MR) is 143 cm³/mol. The van der Waals surface area contributed by atoms with Crippen molar-refractivity contribution in [3.05, 3.63) is 101 Å². The monoisotopic (exact) mass is 518 g/mol. The zero-order chi connectivity index (χ0) is 26.9. The number of aliphatic hydroxyl groups is 1. The van der Waals surface area contributed by atoms with Gasteiger partial charge in [-0.1, -0.05) is 66.7 Å². The minimum Gasteiger partial charge on any atom is -0.481 e. The molecule has 0 unspecified atom stereocenters. The maximum Gasteiger partial charge on any atom is 0.303 e. The summed E-state index contributed by atoms with van der Waals surface area (Å²) in [5.74, 6) is -1.38. The number of aliphatic carboxylic acids is 1. The number of rotatable bonds is 11. The van der Waals surface area contributed by atoms with E-state index in [0.717, 1.165) is 23.2 Å². The van der Waals surface area contributed by atoms with Gasteiger partial charge in [0.05, 0.1) is 25.2 Å². The molecule has 200 valence electrons. The van der Waals surface area contributed by atoms with Crippen LogP contribution in [0.5, 0.6) is 0 Å². The molecule has 1 heterocycles. The van der Waals surface area contributed by atoms with Crippen LogP contribution in [-0.2, 0) is 32.2 Å². The van der Waals surface area contributed by atoms with E-state index in [1.54, 1.807) is 12.1 Å². The van der Waals surface area contributed by atoms with Crippen molar-refractivity contribution in [3.63, 3.8) is 0 Å². The molecule has 3 aromatic carbocycles. The number of aliphatic hydroxyl groups excluding tert-OH is 1. The highest BCUT2D eigenvalue weighted by atomic mass is 16.7. The lowest BCUT2D eigenvalue weighted by molar-refractivity contribution is -0.252. The number of anilines is 1. The van der Waals surface area contributed by atoms with Crippen LogP contribution in [0.25, 0.3) is 0 Å². The Hall–Kier alpha value is -3.56. The van der Waals surface area contributed by atoms with Crippen molar-refractivity contribution in [2.45, 2.75) is 50.9 Å². The highest BCUT2D eigenvalue weighted by molar-refractivity contribution is 5.92. The molecule has 1 aliphatic heterocycles. The number of likely N-dealkylation sites (N-methyl/N-ethyl adjacent to an activating group) is 1. The molecular formula is C30H34N2O6. The lowest BCUT2D eigenvalue weighted by Gasteiger charge is -2.38. The number of carbonyl (C=O) groups is 2. The third-order valence-electron chi connectivity index (χ3n) is 6.43. The second kappa shape index (κ2) is 13.3. The molecule has 0 aliphatic carbocycles. The number of benzene rings is 3. The van der Waals surface area contributed by atoms with Gasteiger partial charge in [0.1, 0.15) is 0 Å². The van der Waals surface area contributed by atoms with Gasteiger partial charge < -0.3 is 25.0 Å². The molecule has 0 aromatic heterocycles. The summed E-state index contributed by atoms with van der Waals surface area (Å²) in [5.41, 5.74) is 4.37. The zero-order valence-electron chi connectivity index (χ0n) is 21.5. The van der Waals surface area contributed by atoms with Gasteiger partial charge in [-0.15, -0.1) is 0 Å². The fourth-order valence-corrected chi connectivity index (χ4v) is 4.55. The van der Waals surface area contributed by atoms with Gasteiger partial charge >= 0.3 is 5.97 Å². The van der Waals surface area contributed by atoms with Crippen LogP contribution in [0, 0.1) is 0 Å². The van der Waals surface area contributed by atoms with E-state index in [0.29, 0.717) is 18.7 Å². The normalized spacial score (nSPS) is 19.3. The first-order chi connectivity index (χ1) is 18.4. The Morgan fingerprint density at radius 1 is 0.921 bits per heavy atom. The minimum atomic E-state index is -1.01. The van der Waals surface area contributed by atoms with E-state index in [-0.39, 0.29) is 37.6 Å². The van der Waals surface area contributed by atoms with Crippen LogP contribution >= 0.6 is 0 Å². The van der Waals surface area contributed by atoms with Crippen molar-refractivity contribution in [2.75, 3.05) is 18.9 Å². The second-order valence-electron chi connectivity index (χ2n) is 9.60. The van der Waals surface area contributed by atoms with E-state index in [9.17, 15) is 14.7 Å². The van der Waals surface area contributed by atoms with Crippen molar-refractivity contribution >= 4 is 17.6 Å². The third-order valence-corrected chi connectivity index (χ3v) is 6.43. The Morgan fingerprint density at radius 2 is 1.68 bits per heavy atom. The fraction of sp³-hybridized carbons (Fsp3) is 0.333. The van der Waals surface area contributed by atoms with Crippen LogP contribution in [0.15, 0.2) is 78.9 Å². The van der Waals surface area contributed by atoms with Crippen molar-refractivity contribution < 1.29 is 29.3 Å². The van der Waals surface area contributed by atoms with Crippen LogP contribution in [0.3, 0.4) is 0 Å². The van der Waals surface area contributed by atoms with Crippen LogP contribution in [0.2, 0.25) is 0 Å². The van der Waals surface area contributed by atoms with Gasteiger partial charge in [0.2, 0.25) is 5.91 Å². The zero-order valence-corrected chi connectivity index (χ0v) is 21.5. The van der Waals surface area contributed by atoms with Gasteiger partial charge in [-0.05, 0) is 35.9 Å². The fourth-order valence-electron chi connectivity index (χ4n) is 4.55. The minimum absolute atomic E-state index is 0.0184. The van der Waals surface area contributed by atoms with E-state index in [1.165, 1.54) is 5.56 Å². The number of ether oxygens (including phenoxy) is 2. The maximum absolute atomic E-state index is 12.2. The van der Waals surface area contributed by atoms with Crippen LogP contribution in [-0.4, -0.2) is 46.7 Å². The summed E-state index contributed by atoms with van der Waals surface area (Å²) in [4.78, 5) is 25.2. The molecule has 1 fully saturated rings. The van der Waals surface area contributed by atoms with Gasteiger partial charge in [0.15, 0.2) is 6.29 Å². The topological polar surface area (TPSA) is 108 Å². The number of hydrogen-bond acceptors (Lipinski definition) is 6. The van der Waals surface area contributed by atoms with Gasteiger partial charge in [0, 0.05) is 37.2 Å². The van der Waals surface area contributed by atoms with E-state index in [4.69, 9.17) is 14.6 Å². The largest absolute Gasteiger partial charge is 0.481 e. The second-order valence-corrected chi connectivity index (χ2v) is 9.60. The molecule has 1 saturated heterocycles. The summed E-state index contributed by atoms with van der Waals surface area (Å²) in [6.07, 6.45) is -0.645. The SMILES string of the molecule is CN(Cc1ccccc1)C[C@@H]1C[C@H](c2ccc(CO)cc2)O[C@H](c2cccc(NC(=O)CCC(=O)O)c2)O1. The van der Waals surface area contributed by atoms with Gasteiger partial charge in [0.25, 0.3) is 0 Å². The van der Waals surface area contributed by atoms with E-state index in [1.807, 2.05) is 54.6 Å². The van der Waals surface area contributed by atoms with Gasteiger partial charge in [-0.25, -0.2) is 0 Å². The first kappa shape index (κ1) is 27.5. The number of nitrogens with zero attached hydrogens (tertiary/aromatic N) is 1. The molecule has 3 aromatic rings. The Kier molecular flexibility index (Phi) is 9.62. The number of nitrogens with one attached hydrogen (secondary N) is 1. The molecule has 8 nitrogen and oxygen atoms in total. The molecule has 4 rings (SSSR count). The summed E-state index contributed by atoms with van der Waals surface area (Å²) in [5, 5.41) is 21.0. The lowest BCUT2D eigenvalue weighted by Crippen LogP contribution is -2.37. The molecule has 0 bridgehead atoms. The van der Waals surface area contributed by atoms with Crippen molar-refractivity contribution in [1.29, 1.82) is 0 Å². The molecule has 0 saturated carbocycles. The van der Waals surface area contributed by atoms with Gasteiger partial charge in [-0.2, -0.15) is 0 Å². The summed E-state index contributed by atoms with van der Waals surface area (Å²) in [6, 6.07) is 25.3. The Morgan fingerprint density at radius 3 is 2.39 bits per heavy atom. The van der Waals surface area contributed by atoms with E-state index < -0.39 is 12.3 Å². The molecule has 3 atom stereocenters. The number of hydrogen-bond donors (Lipinski definition) is 3. The highest BCUT2D eigenvalue weighted by Crippen LogP contribution is 2.38. The number of amides is 1. The number of carbonyl (C=O) groups excluding carboxylic acids is 1. The molecule has 1 aliphatic rings. The molecule has 0 radical (unpaired) electrons. The Bertz CT molecular complexity index is 1200.